The highest BCUT2D eigenvalue weighted by Crippen LogP contribution is 2.30. The fourth-order valence-corrected chi connectivity index (χ4v) is 2.09. The van der Waals surface area contributed by atoms with E-state index in [4.69, 9.17) is 10.8 Å². The Kier molecular flexibility index (Phi) is 3.29. The van der Waals surface area contributed by atoms with Crippen LogP contribution in [-0.2, 0) is 0 Å². The third-order valence-corrected chi connectivity index (χ3v) is 3.09. The van der Waals surface area contributed by atoms with E-state index < -0.39 is 0 Å². The molecule has 0 heterocycles. The Morgan fingerprint density at radius 2 is 2.12 bits per heavy atom. The SMILES string of the molecule is Nc1cc(F)cc(N(CCO)C2CCC2)c1. The molecule has 0 bridgehead atoms. The highest BCUT2D eigenvalue weighted by Gasteiger charge is 2.25. The molecule has 1 aliphatic rings. The molecule has 0 amide bonds. The molecule has 2 rings (SSSR count). The molecule has 0 unspecified atom stereocenters. The number of hydrogen-bond acceptors (Lipinski definition) is 3. The molecule has 1 aromatic rings. The molecule has 88 valence electrons. The van der Waals surface area contributed by atoms with Crippen LogP contribution in [0.4, 0.5) is 15.8 Å². The lowest BCUT2D eigenvalue weighted by molar-refractivity contribution is 0.283. The molecule has 0 spiro atoms. The van der Waals surface area contributed by atoms with Crippen molar-refractivity contribution in [3.05, 3.63) is 24.0 Å². The van der Waals surface area contributed by atoms with E-state index in [2.05, 4.69) is 0 Å². The number of rotatable bonds is 4. The summed E-state index contributed by atoms with van der Waals surface area (Å²) in [7, 11) is 0. The van der Waals surface area contributed by atoms with Crippen molar-refractivity contribution in [1.82, 2.24) is 0 Å². The van der Waals surface area contributed by atoms with E-state index in [9.17, 15) is 4.39 Å². The molecule has 16 heavy (non-hydrogen) atoms. The van der Waals surface area contributed by atoms with Crippen molar-refractivity contribution in [2.45, 2.75) is 25.3 Å². The molecule has 0 radical (unpaired) electrons. The molecule has 4 heteroatoms. The average Bonchev–Trinajstić information content (AvgIpc) is 2.12. The van der Waals surface area contributed by atoms with Crippen LogP contribution in [0, 0.1) is 5.82 Å². The number of halogens is 1. The Morgan fingerprint density at radius 3 is 2.62 bits per heavy atom. The summed E-state index contributed by atoms with van der Waals surface area (Å²) in [4.78, 5) is 2.04. The standard InChI is InChI=1S/C12H17FN2O/c13-9-6-10(14)8-12(7-9)15(4-5-16)11-2-1-3-11/h6-8,11,16H,1-5,14H2. The van der Waals surface area contributed by atoms with Gasteiger partial charge in [-0.15, -0.1) is 0 Å². The molecular formula is C12H17FN2O. The van der Waals surface area contributed by atoms with Crippen LogP contribution >= 0.6 is 0 Å². The number of aliphatic hydroxyl groups is 1. The third-order valence-electron chi connectivity index (χ3n) is 3.09. The maximum absolute atomic E-state index is 13.2. The molecule has 1 fully saturated rings. The van der Waals surface area contributed by atoms with Crippen molar-refractivity contribution in [1.29, 1.82) is 0 Å². The lowest BCUT2D eigenvalue weighted by Crippen LogP contribution is -2.42. The van der Waals surface area contributed by atoms with Crippen molar-refractivity contribution >= 4 is 11.4 Å². The van der Waals surface area contributed by atoms with E-state index >= 15 is 0 Å². The van der Waals surface area contributed by atoms with Gasteiger partial charge in [-0.3, -0.25) is 0 Å². The minimum absolute atomic E-state index is 0.0763. The van der Waals surface area contributed by atoms with E-state index in [1.807, 2.05) is 4.90 Å². The van der Waals surface area contributed by atoms with Gasteiger partial charge >= 0.3 is 0 Å². The van der Waals surface area contributed by atoms with E-state index in [1.54, 1.807) is 6.07 Å². The van der Waals surface area contributed by atoms with Gasteiger partial charge in [-0.05, 0) is 37.5 Å². The topological polar surface area (TPSA) is 49.5 Å². The van der Waals surface area contributed by atoms with Gasteiger partial charge in [0, 0.05) is 24.0 Å². The van der Waals surface area contributed by atoms with Crippen LogP contribution in [0.1, 0.15) is 19.3 Å². The van der Waals surface area contributed by atoms with Crippen LogP contribution in [0.3, 0.4) is 0 Å². The number of nitrogens with zero attached hydrogens (tertiary/aromatic N) is 1. The molecule has 1 aliphatic carbocycles. The Bertz CT molecular complexity index is 346. The van der Waals surface area contributed by atoms with Crippen LogP contribution in [0.25, 0.3) is 0 Å². The normalized spacial score (nSPS) is 15.9. The van der Waals surface area contributed by atoms with Gasteiger partial charge in [0.2, 0.25) is 0 Å². The number of hydrogen-bond donors (Lipinski definition) is 2. The first-order valence-electron chi connectivity index (χ1n) is 5.64. The quantitative estimate of drug-likeness (QED) is 0.766. The minimum atomic E-state index is -0.322. The molecule has 3 N–H and O–H groups in total. The first-order valence-corrected chi connectivity index (χ1v) is 5.64. The summed E-state index contributed by atoms with van der Waals surface area (Å²) in [5.74, 6) is -0.322. The maximum Gasteiger partial charge on any atom is 0.127 e. The zero-order chi connectivity index (χ0) is 11.5. The monoisotopic (exact) mass is 224 g/mol. The second kappa shape index (κ2) is 4.70. The van der Waals surface area contributed by atoms with Crippen molar-refractivity contribution < 1.29 is 9.50 Å². The zero-order valence-corrected chi connectivity index (χ0v) is 9.19. The van der Waals surface area contributed by atoms with E-state index in [1.165, 1.54) is 18.6 Å². The number of aliphatic hydroxyl groups excluding tert-OH is 1. The summed E-state index contributed by atoms with van der Waals surface area (Å²) >= 11 is 0. The summed E-state index contributed by atoms with van der Waals surface area (Å²) in [6.07, 6.45) is 3.42. The molecule has 0 aliphatic heterocycles. The van der Waals surface area contributed by atoms with E-state index in [0.717, 1.165) is 18.5 Å². The average molecular weight is 224 g/mol. The smallest absolute Gasteiger partial charge is 0.127 e. The highest BCUT2D eigenvalue weighted by atomic mass is 19.1. The highest BCUT2D eigenvalue weighted by molar-refractivity contribution is 5.57. The largest absolute Gasteiger partial charge is 0.399 e. The van der Waals surface area contributed by atoms with Gasteiger partial charge in [-0.25, -0.2) is 4.39 Å². The van der Waals surface area contributed by atoms with Crippen LogP contribution in [0.5, 0.6) is 0 Å². The van der Waals surface area contributed by atoms with Gasteiger partial charge in [-0.1, -0.05) is 0 Å². The maximum atomic E-state index is 13.2. The van der Waals surface area contributed by atoms with Crippen molar-refractivity contribution in [3.63, 3.8) is 0 Å². The van der Waals surface area contributed by atoms with Crippen molar-refractivity contribution in [2.75, 3.05) is 23.8 Å². The lowest BCUT2D eigenvalue weighted by atomic mass is 9.91. The first kappa shape index (κ1) is 11.2. The van der Waals surface area contributed by atoms with Crippen LogP contribution in [-0.4, -0.2) is 24.3 Å². The number of anilines is 2. The Morgan fingerprint density at radius 1 is 1.38 bits per heavy atom. The number of benzene rings is 1. The van der Waals surface area contributed by atoms with Gasteiger partial charge < -0.3 is 15.7 Å². The van der Waals surface area contributed by atoms with Crippen molar-refractivity contribution in [2.24, 2.45) is 0 Å². The van der Waals surface area contributed by atoms with Gasteiger partial charge in [-0.2, -0.15) is 0 Å². The van der Waals surface area contributed by atoms with Crippen molar-refractivity contribution in [3.8, 4) is 0 Å². The third kappa shape index (κ3) is 2.27. The Balaban J connectivity index is 2.22. The van der Waals surface area contributed by atoms with Crippen LogP contribution in [0.2, 0.25) is 0 Å². The van der Waals surface area contributed by atoms with Gasteiger partial charge in [0.25, 0.3) is 0 Å². The van der Waals surface area contributed by atoms with Gasteiger partial charge in [0.15, 0.2) is 0 Å². The number of nitrogens with two attached hydrogens (primary N) is 1. The van der Waals surface area contributed by atoms with Gasteiger partial charge in [0.05, 0.1) is 6.61 Å². The summed E-state index contributed by atoms with van der Waals surface area (Å²) in [5.41, 5.74) is 6.83. The predicted octanol–water partition coefficient (Wildman–Crippen LogP) is 1.76. The summed E-state index contributed by atoms with van der Waals surface area (Å²) in [6, 6.07) is 4.97. The summed E-state index contributed by atoms with van der Waals surface area (Å²) in [6.45, 7) is 0.612. The molecule has 1 aromatic carbocycles. The molecule has 0 aromatic heterocycles. The summed E-state index contributed by atoms with van der Waals surface area (Å²) < 4.78 is 13.2. The second-order valence-corrected chi connectivity index (χ2v) is 4.24. The molecule has 0 atom stereocenters. The Hall–Kier alpha value is -1.29. The van der Waals surface area contributed by atoms with Crippen LogP contribution in [0.15, 0.2) is 18.2 Å². The predicted molar refractivity (Wildman–Crippen MR) is 62.9 cm³/mol. The lowest BCUT2D eigenvalue weighted by Gasteiger charge is -2.39. The molecular weight excluding hydrogens is 207 g/mol. The van der Waals surface area contributed by atoms with Gasteiger partial charge in [0.1, 0.15) is 5.82 Å². The zero-order valence-electron chi connectivity index (χ0n) is 9.19. The molecule has 0 saturated heterocycles. The summed E-state index contributed by atoms with van der Waals surface area (Å²) in [5, 5.41) is 9.04. The fraction of sp³-hybridized carbons (Fsp3) is 0.500. The first-order chi connectivity index (χ1) is 7.70. The second-order valence-electron chi connectivity index (χ2n) is 4.24. The minimum Gasteiger partial charge on any atom is -0.399 e. The van der Waals surface area contributed by atoms with Crippen LogP contribution < -0.4 is 10.6 Å². The number of nitrogen functional groups attached to an aromatic ring is 1. The Labute approximate surface area is 94.7 Å². The fourth-order valence-electron chi connectivity index (χ4n) is 2.09. The molecule has 3 nitrogen and oxygen atoms in total. The van der Waals surface area contributed by atoms with E-state index in [-0.39, 0.29) is 12.4 Å². The van der Waals surface area contributed by atoms with E-state index in [0.29, 0.717) is 18.3 Å². The molecule has 1 saturated carbocycles.